The number of esters is 1. The van der Waals surface area contributed by atoms with Crippen molar-refractivity contribution in [3.63, 3.8) is 0 Å². The Balaban J connectivity index is 1.70. The Bertz CT molecular complexity index is 1080. The summed E-state index contributed by atoms with van der Waals surface area (Å²) in [6.07, 6.45) is 8.15. The van der Waals surface area contributed by atoms with Crippen LogP contribution in [0.25, 0.3) is 0 Å². The van der Waals surface area contributed by atoms with Crippen molar-refractivity contribution < 1.29 is 39.1 Å². The van der Waals surface area contributed by atoms with Crippen molar-refractivity contribution in [2.45, 2.75) is 136 Å². The van der Waals surface area contributed by atoms with Crippen molar-refractivity contribution >= 4 is 12.1 Å². The molecule has 2 saturated heterocycles. The molecule has 0 saturated carbocycles. The molecule has 3 heterocycles. The number of piperazine rings is 1. The molecule has 46 heavy (non-hydrogen) atoms. The first-order valence-corrected chi connectivity index (χ1v) is 17.3. The second-order valence-corrected chi connectivity index (χ2v) is 14.3. The lowest BCUT2D eigenvalue weighted by atomic mass is 9.91. The lowest BCUT2D eigenvalue weighted by Gasteiger charge is -2.37. The number of epoxide rings is 1. The number of nitrogens with zero attached hydrogens (tertiary/aromatic N) is 2. The van der Waals surface area contributed by atoms with Crippen LogP contribution in [-0.2, 0) is 19.0 Å². The number of aliphatic hydroxyl groups excluding tert-OH is 2. The van der Waals surface area contributed by atoms with E-state index in [9.17, 15) is 24.9 Å². The largest absolute Gasteiger partial charge is 0.457 e. The van der Waals surface area contributed by atoms with Gasteiger partial charge in [0.2, 0.25) is 0 Å². The minimum absolute atomic E-state index is 0.00677. The fourth-order valence-corrected chi connectivity index (χ4v) is 6.41. The second-order valence-electron chi connectivity index (χ2n) is 14.3. The average molecular weight is 649 g/mol. The van der Waals surface area contributed by atoms with Crippen LogP contribution in [0.5, 0.6) is 0 Å². The summed E-state index contributed by atoms with van der Waals surface area (Å²) >= 11 is 0. The van der Waals surface area contributed by atoms with Crippen molar-refractivity contribution in [3.8, 4) is 0 Å². The van der Waals surface area contributed by atoms with Crippen LogP contribution >= 0.6 is 0 Å². The van der Waals surface area contributed by atoms with Crippen LogP contribution in [0.1, 0.15) is 87.5 Å². The lowest BCUT2D eigenvalue weighted by molar-refractivity contribution is -0.151. The molecular formula is C36H60N2O8. The number of allylic oxidation sites excluding steroid dienone is 2. The molecule has 2 fully saturated rings. The maximum atomic E-state index is 13.2. The smallest absolute Gasteiger partial charge is 0.410 e. The Hall–Kier alpha value is -2.24. The number of rotatable bonds is 10. The highest BCUT2D eigenvalue weighted by molar-refractivity contribution is 5.70. The van der Waals surface area contributed by atoms with E-state index in [1.54, 1.807) is 24.0 Å². The number of cyclic esters (lactones) is 1. The molecule has 0 aliphatic carbocycles. The Morgan fingerprint density at radius 2 is 1.83 bits per heavy atom. The van der Waals surface area contributed by atoms with Crippen LogP contribution < -0.4 is 0 Å². The first kappa shape index (κ1) is 38.2. The molecule has 0 aromatic heterocycles. The van der Waals surface area contributed by atoms with Crippen LogP contribution in [-0.4, -0.2) is 112 Å². The van der Waals surface area contributed by atoms with Gasteiger partial charge in [0.05, 0.1) is 36.4 Å². The van der Waals surface area contributed by atoms with E-state index >= 15 is 0 Å². The third kappa shape index (κ3) is 11.5. The van der Waals surface area contributed by atoms with Crippen LogP contribution in [0.4, 0.5) is 4.79 Å². The Kier molecular flexibility index (Phi) is 14.3. The molecule has 10 nitrogen and oxygen atoms in total. The van der Waals surface area contributed by atoms with E-state index in [1.807, 2.05) is 52.8 Å². The van der Waals surface area contributed by atoms with Crippen LogP contribution in [0.15, 0.2) is 36.0 Å². The molecule has 1 amide bonds. The van der Waals surface area contributed by atoms with Gasteiger partial charge in [-0.2, -0.15) is 0 Å². The van der Waals surface area contributed by atoms with Gasteiger partial charge >= 0.3 is 12.1 Å². The summed E-state index contributed by atoms with van der Waals surface area (Å²) in [6, 6.07) is 0.434. The van der Waals surface area contributed by atoms with Crippen LogP contribution in [0.3, 0.4) is 0 Å². The molecule has 0 aromatic carbocycles. The summed E-state index contributed by atoms with van der Waals surface area (Å²) < 4.78 is 17.7. The number of hydrogen-bond donors (Lipinski definition) is 3. The highest BCUT2D eigenvalue weighted by Crippen LogP contribution is 2.37. The number of ether oxygens (including phenoxy) is 3. The summed E-state index contributed by atoms with van der Waals surface area (Å²) in [7, 11) is 0. The predicted molar refractivity (Wildman–Crippen MR) is 178 cm³/mol. The topological polar surface area (TPSA) is 132 Å². The van der Waals surface area contributed by atoms with Gasteiger partial charge in [0, 0.05) is 50.5 Å². The van der Waals surface area contributed by atoms with E-state index in [1.165, 1.54) is 0 Å². The standard InChI is InChI=1S/C36H60N2O8/c1-9-29(40)27(7)34-31(44-34)22-36(8,43)16-10-11-25(5)33-26(6)13-15-30(24(4)12-14-28(39)21-32(41)46-33)45-35(42)38-19-17-37(18-20-38)23(2)3/h10-11,13,15-16,23-24,26-31,33-34,39-40,43H,9,12,14,17-22H2,1-8H3/b15-13-,16-10+,25-11+. The first-order chi connectivity index (χ1) is 21.6. The maximum Gasteiger partial charge on any atom is 0.410 e. The first-order valence-electron chi connectivity index (χ1n) is 17.3. The van der Waals surface area contributed by atoms with Crippen molar-refractivity contribution in [2.24, 2.45) is 17.8 Å². The van der Waals surface area contributed by atoms with Gasteiger partial charge in [-0.25, -0.2) is 4.79 Å². The Labute approximate surface area is 276 Å². The molecule has 3 N–H and O–H groups in total. The van der Waals surface area contributed by atoms with Crippen molar-refractivity contribution in [2.75, 3.05) is 26.2 Å². The number of hydrogen-bond acceptors (Lipinski definition) is 9. The van der Waals surface area contributed by atoms with E-state index in [0.29, 0.717) is 44.8 Å². The SMILES string of the molecule is CCC(O)C(C)C1OC1CC(C)(O)/C=C/C=C(\C)C1OC(=O)CC(O)CCC(C)C(OC(=O)N2CCN(C(C)C)CC2)/C=C\C1C. The van der Waals surface area contributed by atoms with Crippen molar-refractivity contribution in [1.29, 1.82) is 0 Å². The highest BCUT2D eigenvalue weighted by Gasteiger charge is 2.47. The minimum atomic E-state index is -1.12. The van der Waals surface area contributed by atoms with Gasteiger partial charge in [-0.1, -0.05) is 52.0 Å². The summed E-state index contributed by atoms with van der Waals surface area (Å²) in [4.78, 5) is 30.1. The molecular weight excluding hydrogens is 588 g/mol. The summed E-state index contributed by atoms with van der Waals surface area (Å²) in [5.41, 5.74) is -0.352. The predicted octanol–water partition coefficient (Wildman–Crippen LogP) is 4.62. The van der Waals surface area contributed by atoms with E-state index < -0.39 is 36.0 Å². The molecule has 0 spiro atoms. The molecule has 0 aromatic rings. The number of carbonyl (C=O) groups excluding carboxylic acids is 2. The molecule has 10 heteroatoms. The van der Waals surface area contributed by atoms with Crippen molar-refractivity contribution in [1.82, 2.24) is 9.80 Å². The monoisotopic (exact) mass is 648 g/mol. The van der Waals surface area contributed by atoms with Gasteiger partial charge in [-0.05, 0) is 64.5 Å². The lowest BCUT2D eigenvalue weighted by Crippen LogP contribution is -2.51. The third-order valence-corrected chi connectivity index (χ3v) is 9.84. The summed E-state index contributed by atoms with van der Waals surface area (Å²) in [5, 5.41) is 31.7. The Morgan fingerprint density at radius 1 is 1.15 bits per heavy atom. The van der Waals surface area contributed by atoms with Crippen molar-refractivity contribution in [3.05, 3.63) is 36.0 Å². The van der Waals surface area contributed by atoms with Gasteiger partial charge < -0.3 is 34.4 Å². The maximum absolute atomic E-state index is 13.2. The minimum Gasteiger partial charge on any atom is -0.457 e. The molecule has 3 rings (SSSR count). The Morgan fingerprint density at radius 3 is 2.46 bits per heavy atom. The number of carbonyl (C=O) groups is 2. The summed E-state index contributed by atoms with van der Waals surface area (Å²) in [5.74, 6) is -0.774. The van der Waals surface area contributed by atoms with Crippen LogP contribution in [0.2, 0.25) is 0 Å². The zero-order valence-corrected chi connectivity index (χ0v) is 29.3. The summed E-state index contributed by atoms with van der Waals surface area (Å²) in [6.45, 7) is 18.6. The fraction of sp³-hybridized carbons (Fsp3) is 0.778. The van der Waals surface area contributed by atoms with Gasteiger partial charge in [0.1, 0.15) is 12.2 Å². The quantitative estimate of drug-likeness (QED) is 0.134. The van der Waals surface area contributed by atoms with E-state index in [-0.39, 0.29) is 42.5 Å². The highest BCUT2D eigenvalue weighted by atomic mass is 16.6. The van der Waals surface area contributed by atoms with E-state index in [4.69, 9.17) is 14.2 Å². The zero-order chi connectivity index (χ0) is 34.2. The van der Waals surface area contributed by atoms with E-state index in [0.717, 1.165) is 18.7 Å². The molecule has 0 radical (unpaired) electrons. The molecule has 3 aliphatic rings. The molecule has 10 atom stereocenters. The molecule has 262 valence electrons. The van der Waals surface area contributed by atoms with Gasteiger partial charge in [0.15, 0.2) is 0 Å². The van der Waals surface area contributed by atoms with Gasteiger partial charge in [-0.15, -0.1) is 0 Å². The molecule has 0 bridgehead atoms. The molecule has 10 unspecified atom stereocenters. The average Bonchev–Trinajstić information content (AvgIpc) is 3.76. The number of aliphatic hydroxyl groups is 3. The second kappa shape index (κ2) is 17.2. The zero-order valence-electron chi connectivity index (χ0n) is 29.3. The fourth-order valence-electron chi connectivity index (χ4n) is 6.41. The normalized spacial score (nSPS) is 33.8. The van der Waals surface area contributed by atoms with Gasteiger partial charge in [-0.3, -0.25) is 9.69 Å². The van der Waals surface area contributed by atoms with Gasteiger partial charge in [0.25, 0.3) is 0 Å². The van der Waals surface area contributed by atoms with Crippen LogP contribution in [0, 0.1) is 17.8 Å². The number of amides is 1. The third-order valence-electron chi connectivity index (χ3n) is 9.84. The van der Waals surface area contributed by atoms with E-state index in [2.05, 4.69) is 18.7 Å². The molecule has 3 aliphatic heterocycles.